The molecular weight excluding hydrogens is 386 g/mol. The third-order valence-corrected chi connectivity index (χ3v) is 5.05. The molecule has 0 saturated heterocycles. The lowest BCUT2D eigenvalue weighted by atomic mass is 10.1. The van der Waals surface area contributed by atoms with Crippen LogP contribution in [0, 0.1) is 5.92 Å². The lowest BCUT2D eigenvalue weighted by Gasteiger charge is -2.16. The summed E-state index contributed by atoms with van der Waals surface area (Å²) in [5.74, 6) is 0.0919. The van der Waals surface area contributed by atoms with Crippen LogP contribution in [0.2, 0.25) is 0 Å². The van der Waals surface area contributed by atoms with Gasteiger partial charge in [-0.3, -0.25) is 4.79 Å². The average molecular weight is 397 g/mol. The smallest absolute Gasteiger partial charge is 0.253 e. The molecule has 0 bridgehead atoms. The van der Waals surface area contributed by atoms with Gasteiger partial charge in [-0.15, -0.1) is 11.3 Å². The molecule has 1 unspecified atom stereocenters. The summed E-state index contributed by atoms with van der Waals surface area (Å²) < 4.78 is 1.62. The summed E-state index contributed by atoms with van der Waals surface area (Å²) in [5, 5.41) is 14.5. The summed E-state index contributed by atoms with van der Waals surface area (Å²) in [5.41, 5.74) is 6.14. The number of nitrogens with one attached hydrogen (secondary N) is 1. The van der Waals surface area contributed by atoms with Crippen LogP contribution in [0.15, 0.2) is 18.8 Å². The first-order valence-electron chi connectivity index (χ1n) is 5.26. The molecular formula is C10H11Br2N3O2S. The zero-order valence-electron chi connectivity index (χ0n) is 9.19. The number of halogens is 2. The second-order valence-corrected chi connectivity index (χ2v) is 7.80. The topological polar surface area (TPSA) is 87.7 Å². The second-order valence-electron chi connectivity index (χ2n) is 4.05. The van der Waals surface area contributed by atoms with Gasteiger partial charge in [-0.05, 0) is 56.7 Å². The van der Waals surface area contributed by atoms with E-state index in [9.17, 15) is 4.79 Å². The lowest BCUT2D eigenvalue weighted by Crippen LogP contribution is -2.46. The molecule has 2 rings (SSSR count). The van der Waals surface area contributed by atoms with Gasteiger partial charge < -0.3 is 16.3 Å². The van der Waals surface area contributed by atoms with Gasteiger partial charge in [-0.2, -0.15) is 0 Å². The Kier molecular flexibility index (Phi) is 4.29. The summed E-state index contributed by atoms with van der Waals surface area (Å²) in [6.07, 6.45) is 1.96. The molecule has 1 amide bonds. The highest BCUT2D eigenvalue weighted by Crippen LogP contribution is 2.34. The van der Waals surface area contributed by atoms with Crippen molar-refractivity contribution in [2.75, 3.05) is 0 Å². The minimum Gasteiger partial charge on any atom is -0.409 e. The van der Waals surface area contributed by atoms with Crippen LogP contribution in [0.5, 0.6) is 0 Å². The maximum Gasteiger partial charge on any atom is 0.253 e. The molecule has 1 heterocycles. The average Bonchev–Trinajstić information content (AvgIpc) is 3.10. The van der Waals surface area contributed by atoms with Gasteiger partial charge in [-0.1, -0.05) is 5.16 Å². The van der Waals surface area contributed by atoms with Crippen LogP contribution in [-0.4, -0.2) is 23.0 Å². The molecule has 1 aromatic heterocycles. The molecule has 0 aliphatic heterocycles. The highest BCUT2D eigenvalue weighted by molar-refractivity contribution is 9.12. The standard InChI is InChI=1S/C10H11Br2N3O2S/c11-6-3-5(8(12)18-6)10(16)14-7(4-1-2-4)9(13)15-17/h3-4,7,17H,1-2H2,(H2,13,15)(H,14,16). The van der Waals surface area contributed by atoms with Crippen molar-refractivity contribution in [2.24, 2.45) is 16.8 Å². The Bertz CT molecular complexity index is 499. The summed E-state index contributed by atoms with van der Waals surface area (Å²) in [4.78, 5) is 12.1. The van der Waals surface area contributed by atoms with Crippen LogP contribution in [0.4, 0.5) is 0 Å². The van der Waals surface area contributed by atoms with Crippen LogP contribution in [-0.2, 0) is 0 Å². The third kappa shape index (κ3) is 3.04. The van der Waals surface area contributed by atoms with E-state index in [1.807, 2.05) is 0 Å². The van der Waals surface area contributed by atoms with E-state index in [0.717, 1.165) is 20.4 Å². The number of thiophene rings is 1. The van der Waals surface area contributed by atoms with Crippen molar-refractivity contribution in [1.29, 1.82) is 0 Å². The number of amides is 1. The van der Waals surface area contributed by atoms with Gasteiger partial charge in [0.1, 0.15) is 0 Å². The first kappa shape index (κ1) is 13.8. The van der Waals surface area contributed by atoms with Gasteiger partial charge in [0.15, 0.2) is 5.84 Å². The number of oxime groups is 1. The first-order valence-corrected chi connectivity index (χ1v) is 7.66. The van der Waals surface area contributed by atoms with E-state index in [1.54, 1.807) is 6.07 Å². The largest absolute Gasteiger partial charge is 0.409 e. The molecule has 98 valence electrons. The van der Waals surface area contributed by atoms with Crippen molar-refractivity contribution >= 4 is 54.9 Å². The predicted octanol–water partition coefficient (Wildman–Crippen LogP) is 2.53. The molecule has 0 aromatic carbocycles. The van der Waals surface area contributed by atoms with Gasteiger partial charge in [0.05, 0.1) is 19.2 Å². The van der Waals surface area contributed by atoms with E-state index >= 15 is 0 Å². The van der Waals surface area contributed by atoms with E-state index in [0.29, 0.717) is 5.56 Å². The number of hydrogen-bond acceptors (Lipinski definition) is 4. The van der Waals surface area contributed by atoms with Crippen LogP contribution in [0.1, 0.15) is 23.2 Å². The van der Waals surface area contributed by atoms with Crippen LogP contribution < -0.4 is 11.1 Å². The molecule has 18 heavy (non-hydrogen) atoms. The zero-order valence-corrected chi connectivity index (χ0v) is 13.2. The van der Waals surface area contributed by atoms with Gasteiger partial charge >= 0.3 is 0 Å². The fraction of sp³-hybridized carbons (Fsp3) is 0.400. The fourth-order valence-electron chi connectivity index (χ4n) is 1.64. The first-order chi connectivity index (χ1) is 8.52. The number of hydrogen-bond donors (Lipinski definition) is 3. The molecule has 0 radical (unpaired) electrons. The second kappa shape index (κ2) is 5.58. The highest BCUT2D eigenvalue weighted by atomic mass is 79.9. The molecule has 1 saturated carbocycles. The molecule has 5 nitrogen and oxygen atoms in total. The number of nitrogens with two attached hydrogens (primary N) is 1. The molecule has 1 aliphatic carbocycles. The monoisotopic (exact) mass is 395 g/mol. The Balaban J connectivity index is 2.12. The minimum atomic E-state index is -0.395. The summed E-state index contributed by atoms with van der Waals surface area (Å²) in [6, 6.07) is 1.34. The lowest BCUT2D eigenvalue weighted by molar-refractivity contribution is 0.0942. The Morgan fingerprint density at radius 2 is 2.28 bits per heavy atom. The van der Waals surface area contributed by atoms with E-state index in [-0.39, 0.29) is 17.7 Å². The maximum absolute atomic E-state index is 12.1. The molecule has 0 spiro atoms. The molecule has 1 fully saturated rings. The van der Waals surface area contributed by atoms with Gasteiger partial charge in [-0.25, -0.2) is 0 Å². The van der Waals surface area contributed by atoms with Crippen LogP contribution in [0.25, 0.3) is 0 Å². The van der Waals surface area contributed by atoms with Crippen LogP contribution >= 0.6 is 43.2 Å². The van der Waals surface area contributed by atoms with Gasteiger partial charge in [0.2, 0.25) is 0 Å². The molecule has 4 N–H and O–H groups in total. The number of carbonyl (C=O) groups excluding carboxylic acids is 1. The van der Waals surface area contributed by atoms with Gasteiger partial charge in [0, 0.05) is 0 Å². The van der Waals surface area contributed by atoms with E-state index in [4.69, 9.17) is 10.9 Å². The quantitative estimate of drug-likeness (QED) is 0.316. The summed E-state index contributed by atoms with van der Waals surface area (Å²) in [7, 11) is 0. The Morgan fingerprint density at radius 3 is 2.72 bits per heavy atom. The normalized spacial score (nSPS) is 17.6. The molecule has 1 aromatic rings. The maximum atomic E-state index is 12.1. The molecule has 8 heteroatoms. The van der Waals surface area contributed by atoms with Crippen molar-refractivity contribution < 1.29 is 10.0 Å². The SMILES string of the molecule is N/C(=N/O)C(NC(=O)c1cc(Br)sc1Br)C1CC1. The van der Waals surface area contributed by atoms with Crippen molar-refractivity contribution in [1.82, 2.24) is 5.32 Å². The fourth-order valence-corrected chi connectivity index (χ4v) is 4.43. The molecule has 1 atom stereocenters. The van der Waals surface area contributed by atoms with Crippen molar-refractivity contribution in [3.05, 3.63) is 19.2 Å². The van der Waals surface area contributed by atoms with Crippen LogP contribution in [0.3, 0.4) is 0 Å². The molecule has 1 aliphatic rings. The minimum absolute atomic E-state index is 0.0521. The Hall–Kier alpha value is -0.600. The zero-order chi connectivity index (χ0) is 13.3. The Labute approximate surface area is 125 Å². The number of rotatable bonds is 4. The summed E-state index contributed by atoms with van der Waals surface area (Å²) in [6.45, 7) is 0. The van der Waals surface area contributed by atoms with Crippen molar-refractivity contribution in [2.45, 2.75) is 18.9 Å². The van der Waals surface area contributed by atoms with E-state index in [2.05, 4.69) is 42.3 Å². The number of nitrogens with zero attached hydrogens (tertiary/aromatic N) is 1. The summed E-state index contributed by atoms with van der Waals surface area (Å²) >= 11 is 8.08. The number of carbonyl (C=O) groups is 1. The number of amidine groups is 1. The highest BCUT2D eigenvalue weighted by Gasteiger charge is 2.35. The van der Waals surface area contributed by atoms with Gasteiger partial charge in [0.25, 0.3) is 5.91 Å². The van der Waals surface area contributed by atoms with E-state index in [1.165, 1.54) is 11.3 Å². The van der Waals surface area contributed by atoms with Crippen molar-refractivity contribution in [3.63, 3.8) is 0 Å². The third-order valence-electron chi connectivity index (χ3n) is 2.72. The van der Waals surface area contributed by atoms with Crippen molar-refractivity contribution in [3.8, 4) is 0 Å². The van der Waals surface area contributed by atoms with E-state index < -0.39 is 6.04 Å². The predicted molar refractivity (Wildman–Crippen MR) is 77.1 cm³/mol. The Morgan fingerprint density at radius 1 is 1.61 bits per heavy atom.